The number of hydrogen-bond acceptors (Lipinski definition) is 7. The van der Waals surface area contributed by atoms with Crippen molar-refractivity contribution in [2.75, 3.05) is 7.11 Å². The summed E-state index contributed by atoms with van der Waals surface area (Å²) in [6.07, 6.45) is 0. The molecule has 3 rings (SSSR count). The predicted molar refractivity (Wildman–Crippen MR) is 91.7 cm³/mol. The van der Waals surface area contributed by atoms with Crippen molar-refractivity contribution in [3.05, 3.63) is 51.7 Å². The number of methoxy groups -OCH3 is 1. The summed E-state index contributed by atoms with van der Waals surface area (Å²) in [5.41, 5.74) is 0. The highest BCUT2D eigenvalue weighted by molar-refractivity contribution is 7.89. The zero-order chi connectivity index (χ0) is 17.2. The minimum absolute atomic E-state index is 0.00975. The van der Waals surface area contributed by atoms with Crippen molar-refractivity contribution in [3.63, 3.8) is 0 Å². The molecule has 0 aromatic carbocycles. The Balaban J connectivity index is 1.74. The monoisotopic (exact) mass is 383 g/mol. The van der Waals surface area contributed by atoms with E-state index in [4.69, 9.17) is 4.42 Å². The summed E-state index contributed by atoms with van der Waals surface area (Å²) < 4.78 is 37.5. The number of carbonyl (C=O) groups excluding carboxylic acids is 1. The smallest absolute Gasteiger partial charge is 0.349 e. The van der Waals surface area contributed by atoms with E-state index in [9.17, 15) is 13.2 Å². The van der Waals surface area contributed by atoms with E-state index in [2.05, 4.69) is 9.46 Å². The van der Waals surface area contributed by atoms with Gasteiger partial charge >= 0.3 is 5.97 Å². The molecule has 0 aliphatic carbocycles. The van der Waals surface area contributed by atoms with Gasteiger partial charge in [-0.2, -0.15) is 0 Å². The van der Waals surface area contributed by atoms with E-state index in [1.807, 2.05) is 17.5 Å². The second-order valence-corrected chi connectivity index (χ2v) is 8.27. The standard InChI is InChI=1S/C15H13NO5S3/c1-20-15(17)14-13(6-8-23-14)24(18,19)16-9-10-4-5-11(21-10)12-3-2-7-22-12/h2-8,16H,9H2,1H3. The quantitative estimate of drug-likeness (QED) is 0.660. The molecule has 0 fully saturated rings. The second-order valence-electron chi connectivity index (χ2n) is 4.67. The molecular weight excluding hydrogens is 370 g/mol. The fourth-order valence-electron chi connectivity index (χ4n) is 2.02. The molecule has 0 spiro atoms. The maximum atomic E-state index is 12.4. The van der Waals surface area contributed by atoms with Crippen LogP contribution in [0.15, 0.2) is 50.4 Å². The predicted octanol–water partition coefficient (Wildman–Crippen LogP) is 3.33. The first-order chi connectivity index (χ1) is 11.5. The van der Waals surface area contributed by atoms with Crippen LogP contribution in [0.5, 0.6) is 0 Å². The maximum Gasteiger partial charge on any atom is 0.349 e. The molecule has 24 heavy (non-hydrogen) atoms. The Kier molecular flexibility index (Phi) is 4.86. The Morgan fingerprint density at radius 1 is 1.21 bits per heavy atom. The zero-order valence-corrected chi connectivity index (χ0v) is 15.0. The van der Waals surface area contributed by atoms with Crippen LogP contribution >= 0.6 is 22.7 Å². The van der Waals surface area contributed by atoms with E-state index in [0.717, 1.165) is 16.2 Å². The number of furan rings is 1. The van der Waals surface area contributed by atoms with Crippen molar-refractivity contribution in [3.8, 4) is 10.6 Å². The number of rotatable bonds is 6. The minimum atomic E-state index is -3.84. The van der Waals surface area contributed by atoms with Crippen LogP contribution in [0.3, 0.4) is 0 Å². The first-order valence-corrected chi connectivity index (χ1v) is 10.0. The molecule has 126 valence electrons. The molecule has 0 aliphatic heterocycles. The summed E-state index contributed by atoms with van der Waals surface area (Å²) in [6.45, 7) is -0.00975. The third-order valence-corrected chi connectivity index (χ3v) is 6.50. The Bertz CT molecular complexity index is 938. The number of carbonyl (C=O) groups is 1. The topological polar surface area (TPSA) is 85.6 Å². The summed E-state index contributed by atoms with van der Waals surface area (Å²) in [7, 11) is -2.63. The van der Waals surface area contributed by atoms with Gasteiger partial charge in [-0.25, -0.2) is 17.9 Å². The molecule has 9 heteroatoms. The van der Waals surface area contributed by atoms with E-state index in [-0.39, 0.29) is 16.3 Å². The highest BCUT2D eigenvalue weighted by Gasteiger charge is 2.24. The molecule has 3 aromatic heterocycles. The first-order valence-electron chi connectivity index (χ1n) is 6.79. The van der Waals surface area contributed by atoms with Crippen LogP contribution in [-0.4, -0.2) is 21.5 Å². The van der Waals surface area contributed by atoms with Crippen molar-refractivity contribution >= 4 is 38.7 Å². The third kappa shape index (κ3) is 3.44. The molecule has 3 heterocycles. The number of esters is 1. The Hall–Kier alpha value is -1.94. The molecule has 0 radical (unpaired) electrons. The van der Waals surface area contributed by atoms with Gasteiger partial charge in [-0.15, -0.1) is 22.7 Å². The summed E-state index contributed by atoms with van der Waals surface area (Å²) in [6, 6.07) is 8.71. The van der Waals surface area contributed by atoms with E-state index < -0.39 is 16.0 Å². The molecule has 0 unspecified atom stereocenters. The van der Waals surface area contributed by atoms with E-state index >= 15 is 0 Å². The number of sulfonamides is 1. The van der Waals surface area contributed by atoms with Crippen LogP contribution in [0.2, 0.25) is 0 Å². The molecular formula is C15H13NO5S3. The molecule has 0 aliphatic rings. The molecule has 0 saturated heterocycles. The van der Waals surface area contributed by atoms with Gasteiger partial charge in [0, 0.05) is 0 Å². The molecule has 6 nitrogen and oxygen atoms in total. The van der Waals surface area contributed by atoms with Gasteiger partial charge < -0.3 is 9.15 Å². The fourth-order valence-corrected chi connectivity index (χ4v) is 5.03. The average Bonchev–Trinajstić information content (AvgIpc) is 3.32. The molecule has 1 N–H and O–H groups in total. The van der Waals surface area contributed by atoms with Gasteiger partial charge in [0.05, 0.1) is 18.5 Å². The SMILES string of the molecule is COC(=O)c1sccc1S(=O)(=O)NCc1ccc(-c2cccs2)o1. The van der Waals surface area contributed by atoms with Gasteiger partial charge in [0.2, 0.25) is 10.0 Å². The molecule has 3 aromatic rings. The molecule has 0 amide bonds. The van der Waals surface area contributed by atoms with Gasteiger partial charge in [-0.1, -0.05) is 6.07 Å². The van der Waals surface area contributed by atoms with Crippen LogP contribution in [-0.2, 0) is 21.3 Å². The summed E-state index contributed by atoms with van der Waals surface area (Å²) in [4.78, 5) is 12.5. The van der Waals surface area contributed by atoms with E-state index in [1.165, 1.54) is 29.9 Å². The Labute approximate surface area is 146 Å². The number of hydrogen-bond donors (Lipinski definition) is 1. The van der Waals surface area contributed by atoms with Gasteiger partial charge in [0.1, 0.15) is 21.3 Å². The normalized spacial score (nSPS) is 11.5. The molecule has 0 atom stereocenters. The maximum absolute atomic E-state index is 12.4. The molecule has 0 bridgehead atoms. The lowest BCUT2D eigenvalue weighted by Gasteiger charge is -2.05. The lowest BCUT2D eigenvalue weighted by molar-refractivity contribution is 0.0602. The van der Waals surface area contributed by atoms with Gasteiger partial charge in [0.15, 0.2) is 0 Å². The van der Waals surface area contributed by atoms with Gasteiger partial charge in [-0.3, -0.25) is 0 Å². The van der Waals surface area contributed by atoms with Crippen molar-refractivity contribution < 1.29 is 22.4 Å². The number of nitrogens with one attached hydrogen (secondary N) is 1. The number of thiophene rings is 2. The van der Waals surface area contributed by atoms with Crippen molar-refractivity contribution in [1.82, 2.24) is 4.72 Å². The van der Waals surface area contributed by atoms with Gasteiger partial charge in [0.25, 0.3) is 0 Å². The number of ether oxygens (including phenoxy) is 1. The molecule has 0 saturated carbocycles. The summed E-state index contributed by atoms with van der Waals surface area (Å²) >= 11 is 2.55. The van der Waals surface area contributed by atoms with Crippen LogP contribution in [0.25, 0.3) is 10.6 Å². The highest BCUT2D eigenvalue weighted by Crippen LogP contribution is 2.27. The van der Waals surface area contributed by atoms with Crippen molar-refractivity contribution in [1.29, 1.82) is 0 Å². The lowest BCUT2D eigenvalue weighted by atomic mass is 10.3. The zero-order valence-electron chi connectivity index (χ0n) is 12.5. The largest absolute Gasteiger partial charge is 0.465 e. The Morgan fingerprint density at radius 2 is 2.04 bits per heavy atom. The summed E-state index contributed by atoms with van der Waals surface area (Å²) in [5, 5.41) is 3.47. The van der Waals surface area contributed by atoms with Gasteiger partial charge in [-0.05, 0) is 35.0 Å². The van der Waals surface area contributed by atoms with E-state index in [0.29, 0.717) is 11.5 Å². The van der Waals surface area contributed by atoms with E-state index in [1.54, 1.807) is 12.1 Å². The van der Waals surface area contributed by atoms with Crippen LogP contribution in [0.1, 0.15) is 15.4 Å². The third-order valence-electron chi connectivity index (χ3n) is 3.15. The highest BCUT2D eigenvalue weighted by atomic mass is 32.2. The van der Waals surface area contributed by atoms with Crippen molar-refractivity contribution in [2.24, 2.45) is 0 Å². The Morgan fingerprint density at radius 3 is 2.75 bits per heavy atom. The van der Waals surface area contributed by atoms with Crippen LogP contribution < -0.4 is 4.72 Å². The fraction of sp³-hybridized carbons (Fsp3) is 0.133. The second kappa shape index (κ2) is 6.89. The van der Waals surface area contributed by atoms with Crippen molar-refractivity contribution in [2.45, 2.75) is 11.4 Å². The van der Waals surface area contributed by atoms with Crippen LogP contribution in [0, 0.1) is 0 Å². The van der Waals surface area contributed by atoms with Crippen LogP contribution in [0.4, 0.5) is 0 Å². The lowest BCUT2D eigenvalue weighted by Crippen LogP contribution is -2.24. The first kappa shape index (κ1) is 16.9. The summed E-state index contributed by atoms with van der Waals surface area (Å²) in [5.74, 6) is 0.491. The minimum Gasteiger partial charge on any atom is -0.465 e. The average molecular weight is 383 g/mol.